The second-order valence-electron chi connectivity index (χ2n) is 4.16. The van der Waals surface area contributed by atoms with Gasteiger partial charge in [0.2, 0.25) is 0 Å². The largest absolute Gasteiger partial charge is 0.455 e. The highest BCUT2D eigenvalue weighted by molar-refractivity contribution is 6.33. The molecule has 0 aliphatic heterocycles. The molecule has 0 unspecified atom stereocenters. The van der Waals surface area contributed by atoms with E-state index in [0.717, 1.165) is 5.56 Å². The molecule has 5 heteroatoms. The van der Waals surface area contributed by atoms with Gasteiger partial charge in [-0.1, -0.05) is 29.3 Å². The molecule has 0 spiro atoms. The topological polar surface area (TPSA) is 78.3 Å². The molecule has 4 N–H and O–H groups in total. The molecule has 19 heavy (non-hydrogen) atoms. The van der Waals surface area contributed by atoms with Crippen LogP contribution in [0.4, 0.5) is 5.69 Å². The van der Waals surface area contributed by atoms with Crippen molar-refractivity contribution in [3.8, 4) is 11.5 Å². The van der Waals surface area contributed by atoms with E-state index < -0.39 is 5.91 Å². The van der Waals surface area contributed by atoms with E-state index in [4.69, 9.17) is 27.8 Å². The van der Waals surface area contributed by atoms with E-state index in [1.807, 2.05) is 19.1 Å². The highest BCUT2D eigenvalue weighted by Gasteiger charge is 2.15. The fourth-order valence-corrected chi connectivity index (χ4v) is 1.89. The zero-order valence-corrected chi connectivity index (χ0v) is 11.1. The Labute approximate surface area is 115 Å². The molecule has 0 aliphatic carbocycles. The number of primary amides is 1. The summed E-state index contributed by atoms with van der Waals surface area (Å²) >= 11 is 6.05. The molecular weight excluding hydrogens is 264 g/mol. The van der Waals surface area contributed by atoms with Gasteiger partial charge in [0.1, 0.15) is 5.75 Å². The number of nitrogens with two attached hydrogens (primary N) is 2. The summed E-state index contributed by atoms with van der Waals surface area (Å²) in [5, 5.41) is 0.245. The van der Waals surface area contributed by atoms with Gasteiger partial charge in [0.25, 0.3) is 5.91 Å². The maximum Gasteiger partial charge on any atom is 0.252 e. The van der Waals surface area contributed by atoms with Crippen LogP contribution in [0.3, 0.4) is 0 Å². The summed E-state index contributed by atoms with van der Waals surface area (Å²) in [7, 11) is 0. The summed E-state index contributed by atoms with van der Waals surface area (Å²) in [6.07, 6.45) is 0. The van der Waals surface area contributed by atoms with E-state index in [1.165, 1.54) is 12.1 Å². The maximum absolute atomic E-state index is 11.4. The average Bonchev–Trinajstić information content (AvgIpc) is 2.34. The standard InChI is InChI=1S/C14H13ClN2O2/c1-8-2-4-10(5-3-8)19-13-11(14(17)18)6-9(16)7-12(13)15/h2-7H,16H2,1H3,(H2,17,18). The van der Waals surface area contributed by atoms with Crippen molar-refractivity contribution in [2.75, 3.05) is 5.73 Å². The fourth-order valence-electron chi connectivity index (χ4n) is 1.63. The molecule has 2 aromatic rings. The Morgan fingerprint density at radius 2 is 1.84 bits per heavy atom. The van der Waals surface area contributed by atoms with Gasteiger partial charge < -0.3 is 16.2 Å². The monoisotopic (exact) mass is 276 g/mol. The van der Waals surface area contributed by atoms with E-state index in [-0.39, 0.29) is 16.3 Å². The second kappa shape index (κ2) is 5.20. The Morgan fingerprint density at radius 3 is 2.42 bits per heavy atom. The minimum Gasteiger partial charge on any atom is -0.455 e. The molecule has 0 heterocycles. The summed E-state index contributed by atoms with van der Waals surface area (Å²) in [5.74, 6) is 0.142. The number of anilines is 1. The van der Waals surface area contributed by atoms with Crippen LogP contribution >= 0.6 is 11.6 Å². The zero-order chi connectivity index (χ0) is 14.0. The molecular formula is C14H13ClN2O2. The molecule has 2 aromatic carbocycles. The molecule has 0 fully saturated rings. The van der Waals surface area contributed by atoms with Crippen molar-refractivity contribution in [2.24, 2.45) is 5.73 Å². The molecule has 4 nitrogen and oxygen atoms in total. The molecule has 98 valence electrons. The number of rotatable bonds is 3. The number of hydrogen-bond donors (Lipinski definition) is 2. The minimum atomic E-state index is -0.642. The number of benzene rings is 2. The Hall–Kier alpha value is -2.20. The summed E-state index contributed by atoms with van der Waals surface area (Å²) in [6.45, 7) is 1.97. The third-order valence-electron chi connectivity index (χ3n) is 2.57. The van der Waals surface area contributed by atoms with Crippen LogP contribution in [-0.4, -0.2) is 5.91 Å². The number of aryl methyl sites for hydroxylation is 1. The summed E-state index contributed by atoms with van der Waals surface area (Å²) < 4.78 is 5.62. The first-order valence-electron chi connectivity index (χ1n) is 5.60. The van der Waals surface area contributed by atoms with Gasteiger partial charge in [-0.05, 0) is 31.2 Å². The minimum absolute atomic E-state index is 0.158. The van der Waals surface area contributed by atoms with Crippen LogP contribution in [0.2, 0.25) is 5.02 Å². The predicted molar refractivity (Wildman–Crippen MR) is 75.6 cm³/mol. The smallest absolute Gasteiger partial charge is 0.252 e. The molecule has 1 amide bonds. The van der Waals surface area contributed by atoms with Gasteiger partial charge >= 0.3 is 0 Å². The van der Waals surface area contributed by atoms with Gasteiger partial charge in [-0.15, -0.1) is 0 Å². The van der Waals surface area contributed by atoms with Crippen molar-refractivity contribution in [1.29, 1.82) is 0 Å². The third-order valence-corrected chi connectivity index (χ3v) is 2.85. The number of amides is 1. The summed E-state index contributed by atoms with van der Waals surface area (Å²) in [5.41, 5.74) is 12.5. The lowest BCUT2D eigenvalue weighted by atomic mass is 10.1. The Balaban J connectivity index is 2.44. The van der Waals surface area contributed by atoms with Crippen LogP contribution in [0.25, 0.3) is 0 Å². The van der Waals surface area contributed by atoms with Gasteiger partial charge in [0, 0.05) is 5.69 Å². The number of carbonyl (C=O) groups excluding carboxylic acids is 1. The highest BCUT2D eigenvalue weighted by atomic mass is 35.5. The van der Waals surface area contributed by atoms with Crippen LogP contribution in [0.5, 0.6) is 11.5 Å². The van der Waals surface area contributed by atoms with Crippen molar-refractivity contribution in [3.63, 3.8) is 0 Å². The number of carbonyl (C=O) groups is 1. The van der Waals surface area contributed by atoms with Gasteiger partial charge in [0.05, 0.1) is 10.6 Å². The SMILES string of the molecule is Cc1ccc(Oc2c(Cl)cc(N)cc2C(N)=O)cc1. The maximum atomic E-state index is 11.4. The zero-order valence-electron chi connectivity index (χ0n) is 10.3. The van der Waals surface area contributed by atoms with Crippen LogP contribution in [0.15, 0.2) is 36.4 Å². The summed E-state index contributed by atoms with van der Waals surface area (Å²) in [6, 6.07) is 10.3. The van der Waals surface area contributed by atoms with E-state index in [2.05, 4.69) is 0 Å². The van der Waals surface area contributed by atoms with Crippen LogP contribution < -0.4 is 16.2 Å². The first kappa shape index (κ1) is 13.2. The lowest BCUT2D eigenvalue weighted by Crippen LogP contribution is -2.13. The molecule has 0 saturated carbocycles. The van der Waals surface area contributed by atoms with Crippen molar-refractivity contribution >= 4 is 23.2 Å². The first-order valence-corrected chi connectivity index (χ1v) is 5.98. The molecule has 0 aliphatic rings. The van der Waals surface area contributed by atoms with Crippen molar-refractivity contribution in [2.45, 2.75) is 6.92 Å². The number of halogens is 1. The van der Waals surface area contributed by atoms with E-state index in [0.29, 0.717) is 11.4 Å². The average molecular weight is 277 g/mol. The Morgan fingerprint density at radius 1 is 1.21 bits per heavy atom. The molecule has 0 aromatic heterocycles. The summed E-state index contributed by atoms with van der Waals surface area (Å²) in [4.78, 5) is 11.4. The Kier molecular flexibility index (Phi) is 3.62. The van der Waals surface area contributed by atoms with Crippen molar-refractivity contribution in [1.82, 2.24) is 0 Å². The van der Waals surface area contributed by atoms with E-state index >= 15 is 0 Å². The van der Waals surface area contributed by atoms with Gasteiger partial charge in [-0.25, -0.2) is 0 Å². The number of nitrogen functional groups attached to an aromatic ring is 1. The highest BCUT2D eigenvalue weighted by Crippen LogP contribution is 2.34. The molecule has 0 saturated heterocycles. The predicted octanol–water partition coefficient (Wildman–Crippen LogP) is 3.12. The molecule has 0 radical (unpaired) electrons. The fraction of sp³-hybridized carbons (Fsp3) is 0.0714. The molecule has 0 atom stereocenters. The third kappa shape index (κ3) is 2.98. The number of ether oxygens (including phenoxy) is 1. The second-order valence-corrected chi connectivity index (χ2v) is 4.57. The normalized spacial score (nSPS) is 10.2. The lowest BCUT2D eigenvalue weighted by molar-refractivity contribution is 0.0998. The molecule has 0 bridgehead atoms. The van der Waals surface area contributed by atoms with Crippen LogP contribution in [0.1, 0.15) is 15.9 Å². The van der Waals surface area contributed by atoms with E-state index in [1.54, 1.807) is 12.1 Å². The van der Waals surface area contributed by atoms with Crippen molar-refractivity contribution in [3.05, 3.63) is 52.5 Å². The lowest BCUT2D eigenvalue weighted by Gasteiger charge is -2.12. The number of hydrogen-bond acceptors (Lipinski definition) is 3. The van der Waals surface area contributed by atoms with E-state index in [9.17, 15) is 4.79 Å². The Bertz CT molecular complexity index is 624. The quantitative estimate of drug-likeness (QED) is 0.846. The molecule has 2 rings (SSSR count). The van der Waals surface area contributed by atoms with Crippen LogP contribution in [-0.2, 0) is 0 Å². The van der Waals surface area contributed by atoms with Gasteiger partial charge in [-0.3, -0.25) is 4.79 Å². The first-order chi connectivity index (χ1) is 8.97. The van der Waals surface area contributed by atoms with Gasteiger partial charge in [0.15, 0.2) is 5.75 Å². The van der Waals surface area contributed by atoms with Gasteiger partial charge in [-0.2, -0.15) is 0 Å². The van der Waals surface area contributed by atoms with Crippen LogP contribution in [0, 0.1) is 6.92 Å². The van der Waals surface area contributed by atoms with Crippen molar-refractivity contribution < 1.29 is 9.53 Å².